The van der Waals surface area contributed by atoms with Crippen molar-refractivity contribution in [3.63, 3.8) is 0 Å². The Morgan fingerprint density at radius 3 is 2.92 bits per heavy atom. The maximum absolute atomic E-state index is 12.4. The van der Waals surface area contributed by atoms with Gasteiger partial charge in [0, 0.05) is 13.6 Å². The van der Waals surface area contributed by atoms with Gasteiger partial charge in [0.15, 0.2) is 0 Å². The smallest absolute Gasteiger partial charge is 0.233 e. The summed E-state index contributed by atoms with van der Waals surface area (Å²) in [6.07, 6.45) is 0. The lowest BCUT2D eigenvalue weighted by atomic mass is 10.1. The van der Waals surface area contributed by atoms with E-state index in [-0.39, 0.29) is 5.91 Å². The Morgan fingerprint density at radius 1 is 1.32 bits per heavy atom. The molecule has 6 nitrogen and oxygen atoms in total. The molecule has 0 aliphatic heterocycles. The topological polar surface area (TPSA) is 63.9 Å². The van der Waals surface area contributed by atoms with Crippen LogP contribution in [0.25, 0.3) is 5.69 Å². The summed E-state index contributed by atoms with van der Waals surface area (Å²) < 4.78 is 1.69. The minimum absolute atomic E-state index is 0.0479. The van der Waals surface area contributed by atoms with Crippen LogP contribution in [-0.2, 0) is 11.3 Å². The SMILES string of the molecule is Cc1cccc(-n2nnnc2SCC(=O)N(C)Cc2ccsc2)c1C. The molecule has 0 bridgehead atoms. The molecule has 0 unspecified atom stereocenters. The normalized spacial score (nSPS) is 10.8. The quantitative estimate of drug-likeness (QED) is 0.621. The van der Waals surface area contributed by atoms with Gasteiger partial charge in [-0.15, -0.1) is 5.10 Å². The molecule has 0 radical (unpaired) electrons. The zero-order valence-corrected chi connectivity index (χ0v) is 16.0. The van der Waals surface area contributed by atoms with Crippen molar-refractivity contribution in [3.8, 4) is 5.69 Å². The van der Waals surface area contributed by atoms with Gasteiger partial charge in [0.25, 0.3) is 0 Å². The number of tetrazole rings is 1. The van der Waals surface area contributed by atoms with Gasteiger partial charge in [0.1, 0.15) is 0 Å². The van der Waals surface area contributed by atoms with Crippen LogP contribution in [0.5, 0.6) is 0 Å². The molecule has 3 aromatic rings. The number of hydrogen-bond acceptors (Lipinski definition) is 6. The molecule has 0 aliphatic carbocycles. The first-order valence-electron chi connectivity index (χ1n) is 7.79. The van der Waals surface area contributed by atoms with Gasteiger partial charge in [-0.25, -0.2) is 0 Å². The van der Waals surface area contributed by atoms with E-state index in [0.717, 1.165) is 16.8 Å². The summed E-state index contributed by atoms with van der Waals surface area (Å²) in [7, 11) is 1.81. The van der Waals surface area contributed by atoms with Crippen LogP contribution in [0.15, 0.2) is 40.2 Å². The summed E-state index contributed by atoms with van der Waals surface area (Å²) >= 11 is 2.98. The van der Waals surface area contributed by atoms with Crippen LogP contribution in [0.1, 0.15) is 16.7 Å². The zero-order valence-electron chi connectivity index (χ0n) is 14.3. The van der Waals surface area contributed by atoms with E-state index in [1.807, 2.05) is 37.6 Å². The van der Waals surface area contributed by atoms with E-state index >= 15 is 0 Å². The number of nitrogens with zero attached hydrogens (tertiary/aromatic N) is 5. The van der Waals surface area contributed by atoms with Crippen LogP contribution in [0.4, 0.5) is 0 Å². The minimum atomic E-state index is 0.0479. The monoisotopic (exact) mass is 373 g/mol. The van der Waals surface area contributed by atoms with Crippen LogP contribution in [-0.4, -0.2) is 43.8 Å². The molecule has 0 spiro atoms. The largest absolute Gasteiger partial charge is 0.341 e. The van der Waals surface area contributed by atoms with Crippen molar-refractivity contribution in [2.75, 3.05) is 12.8 Å². The summed E-state index contributed by atoms with van der Waals surface area (Å²) in [4.78, 5) is 14.1. The fourth-order valence-corrected chi connectivity index (χ4v) is 3.85. The van der Waals surface area contributed by atoms with Gasteiger partial charge in [-0.1, -0.05) is 23.9 Å². The molecule has 0 saturated carbocycles. The molecule has 2 heterocycles. The summed E-state index contributed by atoms with van der Waals surface area (Å²) in [6.45, 7) is 4.71. The molecule has 0 fully saturated rings. The number of carbonyl (C=O) groups is 1. The van der Waals surface area contributed by atoms with Crippen molar-refractivity contribution < 1.29 is 4.79 Å². The first kappa shape index (κ1) is 17.6. The van der Waals surface area contributed by atoms with E-state index in [4.69, 9.17) is 0 Å². The Bertz CT molecular complexity index is 860. The van der Waals surface area contributed by atoms with Crippen molar-refractivity contribution in [2.24, 2.45) is 0 Å². The van der Waals surface area contributed by atoms with Gasteiger partial charge >= 0.3 is 0 Å². The third-order valence-electron chi connectivity index (χ3n) is 4.00. The second-order valence-electron chi connectivity index (χ2n) is 5.76. The number of thioether (sulfide) groups is 1. The van der Waals surface area contributed by atoms with Crippen LogP contribution in [0, 0.1) is 13.8 Å². The molecular formula is C17H19N5OS2. The Labute approximate surface area is 154 Å². The molecule has 0 aliphatic rings. The summed E-state index contributed by atoms with van der Waals surface area (Å²) in [6, 6.07) is 8.04. The van der Waals surface area contributed by atoms with Gasteiger partial charge in [0.2, 0.25) is 11.1 Å². The maximum Gasteiger partial charge on any atom is 0.233 e. The standard InChI is InChI=1S/C17H19N5OS2/c1-12-5-4-6-15(13(12)2)22-17(18-19-20-22)25-11-16(23)21(3)9-14-7-8-24-10-14/h4-8,10H,9,11H2,1-3H3. The first-order chi connectivity index (χ1) is 12.1. The van der Waals surface area contributed by atoms with Crippen molar-refractivity contribution in [1.29, 1.82) is 0 Å². The fourth-order valence-electron chi connectivity index (χ4n) is 2.37. The molecule has 0 atom stereocenters. The second kappa shape index (κ2) is 7.79. The van der Waals surface area contributed by atoms with Crippen molar-refractivity contribution in [1.82, 2.24) is 25.1 Å². The lowest BCUT2D eigenvalue weighted by Gasteiger charge is -2.16. The Hall–Kier alpha value is -2.19. The number of hydrogen-bond donors (Lipinski definition) is 0. The summed E-state index contributed by atoms with van der Waals surface area (Å²) in [5.41, 5.74) is 4.38. The Kier molecular flexibility index (Phi) is 5.50. The fraction of sp³-hybridized carbons (Fsp3) is 0.294. The van der Waals surface area contributed by atoms with Gasteiger partial charge in [0.05, 0.1) is 11.4 Å². The molecular weight excluding hydrogens is 354 g/mol. The maximum atomic E-state index is 12.4. The Balaban J connectivity index is 1.67. The number of rotatable bonds is 6. The van der Waals surface area contributed by atoms with Gasteiger partial charge in [-0.2, -0.15) is 16.0 Å². The number of amides is 1. The molecule has 0 saturated heterocycles. The molecule has 8 heteroatoms. The van der Waals surface area contributed by atoms with Crippen LogP contribution >= 0.6 is 23.1 Å². The van der Waals surface area contributed by atoms with E-state index in [0.29, 0.717) is 17.5 Å². The third kappa shape index (κ3) is 4.08. The zero-order chi connectivity index (χ0) is 17.8. The van der Waals surface area contributed by atoms with Crippen molar-refractivity contribution in [3.05, 3.63) is 51.7 Å². The molecule has 130 valence electrons. The minimum Gasteiger partial charge on any atom is -0.341 e. The molecule has 0 N–H and O–H groups in total. The number of benzene rings is 1. The van der Waals surface area contributed by atoms with Gasteiger partial charge < -0.3 is 4.90 Å². The summed E-state index contributed by atoms with van der Waals surface area (Å²) in [5, 5.41) is 16.6. The predicted octanol–water partition coefficient (Wildman–Crippen LogP) is 3.09. The average Bonchev–Trinajstić information content (AvgIpc) is 3.26. The first-order valence-corrected chi connectivity index (χ1v) is 9.72. The van der Waals surface area contributed by atoms with Crippen LogP contribution in [0.2, 0.25) is 0 Å². The van der Waals surface area contributed by atoms with Crippen molar-refractivity contribution >= 4 is 29.0 Å². The second-order valence-corrected chi connectivity index (χ2v) is 7.48. The molecule has 25 heavy (non-hydrogen) atoms. The van der Waals surface area contributed by atoms with E-state index < -0.39 is 0 Å². The van der Waals surface area contributed by atoms with E-state index in [1.54, 1.807) is 20.9 Å². The number of carbonyl (C=O) groups excluding carboxylic acids is 1. The van der Waals surface area contributed by atoms with Crippen LogP contribution in [0.3, 0.4) is 0 Å². The molecule has 3 rings (SSSR count). The average molecular weight is 374 g/mol. The van der Waals surface area contributed by atoms with E-state index in [1.165, 1.54) is 17.3 Å². The lowest BCUT2D eigenvalue weighted by molar-refractivity contribution is -0.127. The summed E-state index contributed by atoms with van der Waals surface area (Å²) in [5.74, 6) is 0.345. The number of aryl methyl sites for hydroxylation is 1. The predicted molar refractivity (Wildman–Crippen MR) is 100 cm³/mol. The van der Waals surface area contributed by atoms with Crippen molar-refractivity contribution in [2.45, 2.75) is 25.5 Å². The highest BCUT2D eigenvalue weighted by atomic mass is 32.2. The number of thiophene rings is 1. The Morgan fingerprint density at radius 2 is 2.16 bits per heavy atom. The van der Waals surface area contributed by atoms with E-state index in [2.05, 4.69) is 33.9 Å². The molecule has 1 aromatic carbocycles. The van der Waals surface area contributed by atoms with Gasteiger partial charge in [-0.3, -0.25) is 4.79 Å². The lowest BCUT2D eigenvalue weighted by Crippen LogP contribution is -2.27. The van der Waals surface area contributed by atoms with Gasteiger partial charge in [-0.05, 0) is 63.9 Å². The number of aromatic nitrogens is 4. The highest BCUT2D eigenvalue weighted by molar-refractivity contribution is 7.99. The van der Waals surface area contributed by atoms with E-state index in [9.17, 15) is 4.79 Å². The highest BCUT2D eigenvalue weighted by Gasteiger charge is 2.16. The molecule has 1 amide bonds. The third-order valence-corrected chi connectivity index (χ3v) is 5.63. The van der Waals surface area contributed by atoms with Crippen LogP contribution < -0.4 is 0 Å². The highest BCUT2D eigenvalue weighted by Crippen LogP contribution is 2.22. The molecule has 2 aromatic heterocycles.